The van der Waals surface area contributed by atoms with Gasteiger partial charge in [-0.05, 0) is 36.8 Å². The zero-order valence-corrected chi connectivity index (χ0v) is 13.2. The van der Waals surface area contributed by atoms with Crippen molar-refractivity contribution in [3.63, 3.8) is 0 Å². The van der Waals surface area contributed by atoms with Crippen LogP contribution in [0.2, 0.25) is 5.02 Å². The van der Waals surface area contributed by atoms with Gasteiger partial charge in [-0.3, -0.25) is 9.78 Å². The van der Waals surface area contributed by atoms with Crippen LogP contribution in [-0.4, -0.2) is 15.9 Å². The molecule has 5 heteroatoms. The normalized spacial score (nSPS) is 10.3. The Bertz CT molecular complexity index is 833. The molecule has 23 heavy (non-hydrogen) atoms. The van der Waals surface area contributed by atoms with E-state index in [0.717, 1.165) is 16.7 Å². The van der Waals surface area contributed by atoms with E-state index >= 15 is 0 Å². The quantitative estimate of drug-likeness (QED) is 0.779. The molecule has 0 unspecified atom stereocenters. The average Bonchev–Trinajstić information content (AvgIpc) is 2.58. The first-order valence-corrected chi connectivity index (χ1v) is 7.45. The third-order valence-electron chi connectivity index (χ3n) is 3.37. The number of carbonyl (C=O) groups is 1. The highest BCUT2D eigenvalue weighted by atomic mass is 35.5. The summed E-state index contributed by atoms with van der Waals surface area (Å²) < 4.78 is 0. The van der Waals surface area contributed by atoms with Crippen LogP contribution < -0.4 is 5.32 Å². The molecule has 0 saturated carbocycles. The molecule has 0 atom stereocenters. The molecule has 0 aliphatic rings. The first-order valence-electron chi connectivity index (χ1n) is 7.07. The third-order valence-corrected chi connectivity index (χ3v) is 3.63. The molecule has 3 rings (SSSR count). The molecule has 3 aromatic rings. The van der Waals surface area contributed by atoms with Gasteiger partial charge < -0.3 is 5.32 Å². The van der Waals surface area contributed by atoms with Crippen molar-refractivity contribution >= 4 is 23.2 Å². The van der Waals surface area contributed by atoms with E-state index < -0.39 is 0 Å². The van der Waals surface area contributed by atoms with E-state index in [1.807, 2.05) is 49.4 Å². The molecule has 2 aromatic carbocycles. The lowest BCUT2D eigenvalue weighted by atomic mass is 10.0. The molecule has 0 aliphatic heterocycles. The van der Waals surface area contributed by atoms with Crippen LogP contribution in [0.4, 0.5) is 5.69 Å². The number of aryl methyl sites for hydroxylation is 1. The minimum Gasteiger partial charge on any atom is -0.320 e. The Morgan fingerprint density at radius 2 is 1.87 bits per heavy atom. The Morgan fingerprint density at radius 3 is 2.57 bits per heavy atom. The monoisotopic (exact) mass is 323 g/mol. The number of rotatable bonds is 3. The lowest BCUT2D eigenvalue weighted by Crippen LogP contribution is -2.14. The highest BCUT2D eigenvalue weighted by Gasteiger charge is 2.12. The minimum absolute atomic E-state index is 0.273. The molecule has 0 fully saturated rings. The number of aromatic nitrogens is 2. The first-order chi connectivity index (χ1) is 11.1. The van der Waals surface area contributed by atoms with E-state index in [2.05, 4.69) is 15.3 Å². The lowest BCUT2D eigenvalue weighted by Gasteiger charge is -2.12. The van der Waals surface area contributed by atoms with Gasteiger partial charge in [-0.15, -0.1) is 0 Å². The largest absolute Gasteiger partial charge is 0.320 e. The molecular weight excluding hydrogens is 310 g/mol. The molecule has 1 heterocycles. The SMILES string of the molecule is Cc1ccc(NC(=O)c2cnccn2)c(-c2ccc(Cl)cc2)c1. The Balaban J connectivity index is 1.96. The number of hydrogen-bond acceptors (Lipinski definition) is 3. The summed E-state index contributed by atoms with van der Waals surface area (Å²) in [4.78, 5) is 20.2. The topological polar surface area (TPSA) is 54.9 Å². The second-order valence-electron chi connectivity index (χ2n) is 5.10. The summed E-state index contributed by atoms with van der Waals surface area (Å²) in [6.07, 6.45) is 4.46. The second-order valence-corrected chi connectivity index (χ2v) is 5.54. The highest BCUT2D eigenvalue weighted by molar-refractivity contribution is 6.30. The van der Waals surface area contributed by atoms with E-state index in [4.69, 9.17) is 11.6 Å². The molecule has 0 saturated heterocycles. The van der Waals surface area contributed by atoms with E-state index in [1.54, 1.807) is 0 Å². The molecular formula is C18H14ClN3O. The van der Waals surface area contributed by atoms with Gasteiger partial charge in [-0.25, -0.2) is 4.98 Å². The van der Waals surface area contributed by atoms with Gasteiger partial charge in [0.2, 0.25) is 0 Å². The summed E-state index contributed by atoms with van der Waals surface area (Å²) in [5.41, 5.74) is 4.00. The van der Waals surface area contributed by atoms with Crippen LogP contribution in [0.15, 0.2) is 61.1 Å². The molecule has 0 radical (unpaired) electrons. The molecule has 0 bridgehead atoms. The van der Waals surface area contributed by atoms with Crippen molar-refractivity contribution in [1.82, 2.24) is 9.97 Å². The maximum Gasteiger partial charge on any atom is 0.275 e. The van der Waals surface area contributed by atoms with Gasteiger partial charge in [-0.1, -0.05) is 35.4 Å². The van der Waals surface area contributed by atoms with Crippen LogP contribution in [-0.2, 0) is 0 Å². The van der Waals surface area contributed by atoms with Crippen molar-refractivity contribution in [3.05, 3.63) is 77.3 Å². The van der Waals surface area contributed by atoms with Gasteiger partial charge >= 0.3 is 0 Å². The Morgan fingerprint density at radius 1 is 1.09 bits per heavy atom. The predicted octanol–water partition coefficient (Wildman–Crippen LogP) is 4.36. The fourth-order valence-electron chi connectivity index (χ4n) is 2.24. The Labute approximate surface area is 139 Å². The summed E-state index contributed by atoms with van der Waals surface area (Å²) in [5.74, 6) is -0.294. The van der Waals surface area contributed by atoms with E-state index in [-0.39, 0.29) is 11.6 Å². The van der Waals surface area contributed by atoms with Crippen LogP contribution in [0.5, 0.6) is 0 Å². The zero-order valence-electron chi connectivity index (χ0n) is 12.5. The summed E-state index contributed by atoms with van der Waals surface area (Å²) in [6, 6.07) is 13.4. The maximum atomic E-state index is 12.3. The molecule has 114 valence electrons. The molecule has 4 nitrogen and oxygen atoms in total. The van der Waals surface area contributed by atoms with Gasteiger partial charge in [0.05, 0.1) is 6.20 Å². The smallest absolute Gasteiger partial charge is 0.275 e. The molecule has 1 N–H and O–H groups in total. The van der Waals surface area contributed by atoms with Crippen molar-refractivity contribution in [3.8, 4) is 11.1 Å². The summed E-state index contributed by atoms with van der Waals surface area (Å²) >= 11 is 5.95. The molecule has 1 aromatic heterocycles. The average molecular weight is 324 g/mol. The summed E-state index contributed by atoms with van der Waals surface area (Å²) in [7, 11) is 0. The zero-order chi connectivity index (χ0) is 16.2. The maximum absolute atomic E-state index is 12.3. The van der Waals surface area contributed by atoms with Crippen LogP contribution in [0.1, 0.15) is 16.1 Å². The fourth-order valence-corrected chi connectivity index (χ4v) is 2.36. The number of carbonyl (C=O) groups excluding carboxylic acids is 1. The highest BCUT2D eigenvalue weighted by Crippen LogP contribution is 2.30. The van der Waals surface area contributed by atoms with Gasteiger partial charge in [0, 0.05) is 28.7 Å². The number of nitrogens with zero attached hydrogens (tertiary/aromatic N) is 2. The van der Waals surface area contributed by atoms with Gasteiger partial charge in [0.1, 0.15) is 5.69 Å². The molecule has 1 amide bonds. The summed E-state index contributed by atoms with van der Waals surface area (Å²) in [5, 5.41) is 3.57. The van der Waals surface area contributed by atoms with E-state index in [9.17, 15) is 4.79 Å². The van der Waals surface area contributed by atoms with Crippen molar-refractivity contribution in [2.75, 3.05) is 5.32 Å². The minimum atomic E-state index is -0.294. The van der Waals surface area contributed by atoms with Crippen molar-refractivity contribution in [2.45, 2.75) is 6.92 Å². The molecule has 0 spiro atoms. The summed E-state index contributed by atoms with van der Waals surface area (Å²) in [6.45, 7) is 2.01. The van der Waals surface area contributed by atoms with E-state index in [0.29, 0.717) is 10.7 Å². The Hall–Kier alpha value is -2.72. The van der Waals surface area contributed by atoms with Crippen LogP contribution in [0.25, 0.3) is 11.1 Å². The van der Waals surface area contributed by atoms with Crippen LogP contribution in [0.3, 0.4) is 0 Å². The fraction of sp³-hybridized carbons (Fsp3) is 0.0556. The second kappa shape index (κ2) is 6.58. The Kier molecular flexibility index (Phi) is 4.35. The number of amides is 1. The van der Waals surface area contributed by atoms with Gasteiger partial charge in [0.25, 0.3) is 5.91 Å². The number of nitrogens with one attached hydrogen (secondary N) is 1. The predicted molar refractivity (Wildman–Crippen MR) is 91.6 cm³/mol. The number of anilines is 1. The van der Waals surface area contributed by atoms with Crippen molar-refractivity contribution in [2.24, 2.45) is 0 Å². The van der Waals surface area contributed by atoms with E-state index in [1.165, 1.54) is 18.6 Å². The standard InChI is InChI=1S/C18H14ClN3O/c1-12-2-7-16(22-18(23)17-11-20-8-9-21-17)15(10-12)13-3-5-14(19)6-4-13/h2-11H,1H3,(H,22,23). The third kappa shape index (κ3) is 3.55. The van der Waals surface area contributed by atoms with Crippen molar-refractivity contribution < 1.29 is 4.79 Å². The number of hydrogen-bond donors (Lipinski definition) is 1. The van der Waals surface area contributed by atoms with Crippen LogP contribution in [0, 0.1) is 6.92 Å². The lowest BCUT2D eigenvalue weighted by molar-refractivity contribution is 0.102. The van der Waals surface area contributed by atoms with Crippen molar-refractivity contribution in [1.29, 1.82) is 0 Å². The molecule has 0 aliphatic carbocycles. The first kappa shape index (κ1) is 15.2. The van der Waals surface area contributed by atoms with Gasteiger partial charge in [-0.2, -0.15) is 0 Å². The van der Waals surface area contributed by atoms with Gasteiger partial charge in [0.15, 0.2) is 0 Å². The van der Waals surface area contributed by atoms with Crippen LogP contribution >= 0.6 is 11.6 Å². The number of halogens is 1. The number of benzene rings is 2.